The Hall–Kier alpha value is -0.770. The number of nitrogens with zero attached hydrogens (tertiary/aromatic N) is 1. The van der Waals surface area contributed by atoms with Crippen LogP contribution in [-0.4, -0.2) is 23.7 Å². The van der Waals surface area contributed by atoms with E-state index in [1.54, 1.807) is 22.6 Å². The van der Waals surface area contributed by atoms with E-state index in [0.29, 0.717) is 0 Å². The van der Waals surface area contributed by atoms with Gasteiger partial charge in [-0.3, -0.25) is 4.79 Å². The van der Waals surface area contributed by atoms with E-state index in [0.717, 1.165) is 13.2 Å². The van der Waals surface area contributed by atoms with Crippen molar-refractivity contribution in [3.05, 3.63) is 15.5 Å². The summed E-state index contributed by atoms with van der Waals surface area (Å²) < 4.78 is 44.8. The number of hydrogen-bond donors (Lipinski definition) is 0. The minimum atomic E-state index is -4.90. The molecule has 0 bridgehead atoms. The number of halogens is 5. The molecule has 1 aromatic rings. The maximum Gasteiger partial charge on any atom is 0.573 e. The number of methoxy groups -OCH3 is 1. The number of carbonyl (C=O) groups excluding carboxylic acids is 1. The van der Waals surface area contributed by atoms with Crippen molar-refractivity contribution in [3.63, 3.8) is 0 Å². The zero-order chi connectivity index (χ0) is 13.2. The van der Waals surface area contributed by atoms with Crippen molar-refractivity contribution in [2.45, 2.75) is 6.36 Å². The fraction of sp³-hybridized carbons (Fsp3) is 0.250. The predicted octanol–water partition coefficient (Wildman–Crippen LogP) is 2.97. The summed E-state index contributed by atoms with van der Waals surface area (Å²) in [4.78, 5) is 14.6. The highest BCUT2D eigenvalue weighted by atomic mass is 127. The van der Waals surface area contributed by atoms with Crippen LogP contribution in [-0.2, 0) is 0 Å². The van der Waals surface area contributed by atoms with Crippen molar-refractivity contribution >= 4 is 39.4 Å². The number of alkyl halides is 3. The zero-order valence-corrected chi connectivity index (χ0v) is 11.1. The normalized spacial score (nSPS) is 11.2. The molecule has 0 spiro atoms. The van der Waals surface area contributed by atoms with Crippen LogP contribution >= 0.6 is 34.2 Å². The molecule has 0 unspecified atom stereocenters. The molecule has 0 aromatic carbocycles. The second-order valence-corrected chi connectivity index (χ2v) is 4.10. The molecule has 0 N–H and O–H groups in total. The SMILES string of the molecule is COc1c(OC(F)(F)F)cc(I)nc1C(=O)Cl. The largest absolute Gasteiger partial charge is 0.573 e. The van der Waals surface area contributed by atoms with Gasteiger partial charge in [0.05, 0.1) is 7.11 Å². The average Bonchev–Trinajstić information content (AvgIpc) is 2.14. The Morgan fingerprint density at radius 2 is 2.12 bits per heavy atom. The zero-order valence-electron chi connectivity index (χ0n) is 8.14. The lowest BCUT2D eigenvalue weighted by molar-refractivity contribution is -0.275. The summed E-state index contributed by atoms with van der Waals surface area (Å²) in [5.74, 6) is -1.12. The molecule has 94 valence electrons. The van der Waals surface area contributed by atoms with Gasteiger partial charge < -0.3 is 9.47 Å². The molecule has 0 fully saturated rings. The summed E-state index contributed by atoms with van der Waals surface area (Å²) in [7, 11) is 1.08. The summed E-state index contributed by atoms with van der Waals surface area (Å²) in [6.07, 6.45) is -4.90. The molecule has 0 aliphatic heterocycles. The molecule has 1 aromatic heterocycles. The number of ether oxygens (including phenoxy) is 2. The fourth-order valence-corrected chi connectivity index (χ4v) is 1.66. The maximum atomic E-state index is 12.1. The van der Waals surface area contributed by atoms with E-state index < -0.39 is 28.8 Å². The minimum Gasteiger partial charge on any atom is -0.491 e. The predicted molar refractivity (Wildman–Crippen MR) is 60.4 cm³/mol. The molecule has 0 aliphatic carbocycles. The van der Waals surface area contributed by atoms with Gasteiger partial charge >= 0.3 is 6.36 Å². The summed E-state index contributed by atoms with van der Waals surface area (Å²) in [5, 5.41) is -1.03. The number of aromatic nitrogens is 1. The molecule has 4 nitrogen and oxygen atoms in total. The van der Waals surface area contributed by atoms with E-state index >= 15 is 0 Å². The van der Waals surface area contributed by atoms with Crippen molar-refractivity contribution in [1.29, 1.82) is 0 Å². The molecule has 9 heteroatoms. The molecule has 0 saturated heterocycles. The number of hydrogen-bond acceptors (Lipinski definition) is 4. The first kappa shape index (κ1) is 14.3. The van der Waals surface area contributed by atoms with Crippen LogP contribution in [0.1, 0.15) is 10.5 Å². The van der Waals surface area contributed by atoms with E-state index in [1.165, 1.54) is 0 Å². The van der Waals surface area contributed by atoms with E-state index in [9.17, 15) is 18.0 Å². The standard InChI is InChI=1S/C8H4ClF3INO3/c1-16-6-3(17-8(10,11)12)2-4(13)14-5(6)7(9)15/h2H,1H3. The van der Waals surface area contributed by atoms with Gasteiger partial charge in [-0.2, -0.15) is 0 Å². The van der Waals surface area contributed by atoms with E-state index in [2.05, 4.69) is 14.5 Å². The molecule has 0 radical (unpaired) electrons. The molecule has 0 aliphatic rings. The van der Waals surface area contributed by atoms with E-state index in [-0.39, 0.29) is 3.70 Å². The molecular weight excluding hydrogens is 377 g/mol. The van der Waals surface area contributed by atoms with Crippen LogP contribution in [0.15, 0.2) is 6.07 Å². The molecule has 1 rings (SSSR count). The smallest absolute Gasteiger partial charge is 0.491 e. The molecule has 0 atom stereocenters. The van der Waals surface area contributed by atoms with Crippen molar-refractivity contribution in [2.75, 3.05) is 7.11 Å². The van der Waals surface area contributed by atoms with Crippen LogP contribution in [0.5, 0.6) is 11.5 Å². The maximum absolute atomic E-state index is 12.1. The Labute approximate surface area is 112 Å². The monoisotopic (exact) mass is 381 g/mol. The van der Waals surface area contributed by atoms with Crippen molar-refractivity contribution in [2.24, 2.45) is 0 Å². The van der Waals surface area contributed by atoms with Crippen LogP contribution in [0, 0.1) is 3.70 Å². The fourth-order valence-electron chi connectivity index (χ4n) is 1.01. The van der Waals surface area contributed by atoms with Gasteiger partial charge in [-0.05, 0) is 34.2 Å². The lowest BCUT2D eigenvalue weighted by Crippen LogP contribution is -2.18. The highest BCUT2D eigenvalue weighted by Crippen LogP contribution is 2.35. The van der Waals surface area contributed by atoms with Crippen LogP contribution in [0.25, 0.3) is 0 Å². The third-order valence-corrected chi connectivity index (χ3v) is 2.26. The van der Waals surface area contributed by atoms with Gasteiger partial charge in [-0.1, -0.05) is 0 Å². The highest BCUT2D eigenvalue weighted by Gasteiger charge is 2.34. The lowest BCUT2D eigenvalue weighted by Gasteiger charge is -2.14. The molecule has 0 amide bonds. The first-order chi connectivity index (χ1) is 7.74. The van der Waals surface area contributed by atoms with Crippen LogP contribution in [0.4, 0.5) is 13.2 Å². The summed E-state index contributed by atoms with van der Waals surface area (Å²) in [6.45, 7) is 0. The van der Waals surface area contributed by atoms with Crippen molar-refractivity contribution in [1.82, 2.24) is 4.98 Å². The van der Waals surface area contributed by atoms with E-state index in [1.807, 2.05) is 0 Å². The summed E-state index contributed by atoms with van der Waals surface area (Å²) in [5.41, 5.74) is -0.430. The van der Waals surface area contributed by atoms with Crippen LogP contribution in [0.3, 0.4) is 0 Å². The van der Waals surface area contributed by atoms with Crippen molar-refractivity contribution < 1.29 is 27.4 Å². The van der Waals surface area contributed by atoms with Gasteiger partial charge in [-0.25, -0.2) is 4.98 Å². The Bertz CT molecular complexity index is 452. The molecule has 17 heavy (non-hydrogen) atoms. The van der Waals surface area contributed by atoms with Gasteiger partial charge in [0.15, 0.2) is 17.2 Å². The Morgan fingerprint density at radius 1 is 1.53 bits per heavy atom. The minimum absolute atomic E-state index is 0.117. The highest BCUT2D eigenvalue weighted by molar-refractivity contribution is 14.1. The van der Waals surface area contributed by atoms with Gasteiger partial charge in [0.1, 0.15) is 3.70 Å². The molecule has 0 saturated carbocycles. The van der Waals surface area contributed by atoms with Crippen LogP contribution in [0.2, 0.25) is 0 Å². The Morgan fingerprint density at radius 3 is 2.53 bits per heavy atom. The lowest BCUT2D eigenvalue weighted by atomic mass is 10.3. The quantitative estimate of drug-likeness (QED) is 0.459. The van der Waals surface area contributed by atoms with Gasteiger partial charge in [-0.15, -0.1) is 13.2 Å². The topological polar surface area (TPSA) is 48.4 Å². The summed E-state index contributed by atoms with van der Waals surface area (Å²) in [6, 6.07) is 0.982. The van der Waals surface area contributed by atoms with Gasteiger partial charge in [0.2, 0.25) is 0 Å². The second kappa shape index (κ2) is 5.25. The average molecular weight is 381 g/mol. The third-order valence-electron chi connectivity index (χ3n) is 1.52. The number of carbonyl (C=O) groups is 1. The van der Waals surface area contributed by atoms with Gasteiger partial charge in [0.25, 0.3) is 5.24 Å². The molecular formula is C8H4ClF3INO3. The number of rotatable bonds is 3. The first-order valence-corrected chi connectivity index (χ1v) is 5.40. The summed E-state index contributed by atoms with van der Waals surface area (Å²) >= 11 is 6.80. The molecule has 1 heterocycles. The van der Waals surface area contributed by atoms with Crippen molar-refractivity contribution in [3.8, 4) is 11.5 Å². The first-order valence-electron chi connectivity index (χ1n) is 3.94. The Kier molecular flexibility index (Phi) is 4.42. The van der Waals surface area contributed by atoms with E-state index in [4.69, 9.17) is 11.6 Å². The number of pyridine rings is 1. The van der Waals surface area contributed by atoms with Crippen LogP contribution < -0.4 is 9.47 Å². The third kappa shape index (κ3) is 3.87. The second-order valence-electron chi connectivity index (χ2n) is 2.65. The Balaban J connectivity index is 3.33. The van der Waals surface area contributed by atoms with Gasteiger partial charge in [0, 0.05) is 6.07 Å².